The number of aliphatic imine (C=N–C) groups is 1. The van der Waals surface area contributed by atoms with Crippen LogP contribution in [-0.4, -0.2) is 55.4 Å². The number of guanidine groups is 1. The summed E-state index contributed by atoms with van der Waals surface area (Å²) in [6, 6.07) is 8.52. The van der Waals surface area contributed by atoms with Crippen LogP contribution in [0.3, 0.4) is 0 Å². The smallest absolute Gasteiger partial charge is 0.228 e. The fraction of sp³-hybridized carbons (Fsp3) is 0.591. The third-order valence-corrected chi connectivity index (χ3v) is 5.13. The normalized spacial score (nSPS) is 16.7. The standard InChI is InChI=1S/C22H34N6O2.HI/c1-5-23-22(24-13-12-20-26-21(16(2)3)27-30-20)25-17-9-8-14-28(15-17)18-10-6-7-11-19(18)29-4;/h6-7,10-11,16-17H,5,8-9,12-15H2,1-4H3,(H2,23,24,25);1H. The van der Waals surface area contributed by atoms with Crippen LogP contribution >= 0.6 is 24.0 Å². The van der Waals surface area contributed by atoms with E-state index in [1.165, 1.54) is 0 Å². The maximum absolute atomic E-state index is 5.55. The predicted octanol–water partition coefficient (Wildman–Crippen LogP) is 3.59. The minimum Gasteiger partial charge on any atom is -0.495 e. The molecule has 172 valence electrons. The number of nitrogens with one attached hydrogen (secondary N) is 2. The van der Waals surface area contributed by atoms with Gasteiger partial charge in [0.05, 0.1) is 19.3 Å². The Morgan fingerprint density at radius 2 is 2.16 bits per heavy atom. The number of methoxy groups -OCH3 is 1. The molecule has 1 saturated heterocycles. The monoisotopic (exact) mass is 542 g/mol. The number of aromatic nitrogens is 2. The van der Waals surface area contributed by atoms with Crippen LogP contribution in [0.5, 0.6) is 5.75 Å². The van der Waals surface area contributed by atoms with E-state index in [0.29, 0.717) is 24.9 Å². The molecular weight excluding hydrogens is 507 g/mol. The number of hydrogen-bond acceptors (Lipinski definition) is 6. The molecule has 9 heteroatoms. The molecule has 1 unspecified atom stereocenters. The van der Waals surface area contributed by atoms with Crippen molar-refractivity contribution in [1.82, 2.24) is 20.8 Å². The van der Waals surface area contributed by atoms with Gasteiger partial charge in [0.25, 0.3) is 0 Å². The zero-order valence-electron chi connectivity index (χ0n) is 18.9. The largest absolute Gasteiger partial charge is 0.495 e. The van der Waals surface area contributed by atoms with Crippen LogP contribution in [0.15, 0.2) is 33.8 Å². The summed E-state index contributed by atoms with van der Waals surface area (Å²) in [5, 5.41) is 11.0. The molecule has 0 spiro atoms. The van der Waals surface area contributed by atoms with Gasteiger partial charge in [-0.1, -0.05) is 31.1 Å². The number of rotatable bonds is 8. The van der Waals surface area contributed by atoms with Gasteiger partial charge in [-0.2, -0.15) is 4.98 Å². The number of halogens is 1. The van der Waals surface area contributed by atoms with E-state index in [9.17, 15) is 0 Å². The van der Waals surface area contributed by atoms with E-state index < -0.39 is 0 Å². The van der Waals surface area contributed by atoms with Gasteiger partial charge >= 0.3 is 0 Å². The Morgan fingerprint density at radius 1 is 1.35 bits per heavy atom. The quantitative estimate of drug-likeness (QED) is 0.300. The van der Waals surface area contributed by atoms with Crippen LogP contribution < -0.4 is 20.3 Å². The van der Waals surface area contributed by atoms with Crippen molar-refractivity contribution in [3.8, 4) is 5.75 Å². The summed E-state index contributed by atoms with van der Waals surface area (Å²) >= 11 is 0. The Labute approximate surface area is 202 Å². The molecule has 1 aliphatic heterocycles. The highest BCUT2D eigenvalue weighted by Gasteiger charge is 2.22. The SMILES string of the molecule is CCNC(=NCCc1nc(C(C)C)no1)NC1CCCN(c2ccccc2OC)C1.I. The van der Waals surface area contributed by atoms with E-state index in [2.05, 4.69) is 58.6 Å². The Hall–Kier alpha value is -2.04. The summed E-state index contributed by atoms with van der Waals surface area (Å²) in [4.78, 5) is 11.5. The minimum atomic E-state index is 0. The second kappa shape index (κ2) is 12.7. The minimum absolute atomic E-state index is 0. The lowest BCUT2D eigenvalue weighted by Gasteiger charge is -2.36. The summed E-state index contributed by atoms with van der Waals surface area (Å²) in [6.07, 6.45) is 2.86. The molecular formula is C22H35IN6O2. The highest BCUT2D eigenvalue weighted by Crippen LogP contribution is 2.29. The van der Waals surface area contributed by atoms with Gasteiger partial charge < -0.3 is 24.8 Å². The van der Waals surface area contributed by atoms with Crippen molar-refractivity contribution in [3.63, 3.8) is 0 Å². The molecule has 0 aliphatic carbocycles. The first-order valence-corrected chi connectivity index (χ1v) is 10.9. The summed E-state index contributed by atoms with van der Waals surface area (Å²) in [5.74, 6) is 3.39. The van der Waals surface area contributed by atoms with Gasteiger partial charge in [-0.15, -0.1) is 24.0 Å². The number of anilines is 1. The lowest BCUT2D eigenvalue weighted by Crippen LogP contribution is -2.51. The molecule has 8 nitrogen and oxygen atoms in total. The predicted molar refractivity (Wildman–Crippen MR) is 135 cm³/mol. The van der Waals surface area contributed by atoms with Crippen LogP contribution in [0.2, 0.25) is 0 Å². The molecule has 1 aromatic heterocycles. The Bertz CT molecular complexity index is 826. The maximum Gasteiger partial charge on any atom is 0.228 e. The van der Waals surface area contributed by atoms with Gasteiger partial charge in [0.1, 0.15) is 5.75 Å². The van der Waals surface area contributed by atoms with E-state index in [0.717, 1.165) is 55.7 Å². The van der Waals surface area contributed by atoms with Crippen LogP contribution in [0, 0.1) is 0 Å². The van der Waals surface area contributed by atoms with Crippen LogP contribution in [0.4, 0.5) is 5.69 Å². The second-order valence-corrected chi connectivity index (χ2v) is 7.81. The van der Waals surface area contributed by atoms with Crippen molar-refractivity contribution in [2.75, 3.05) is 38.2 Å². The Balaban J connectivity index is 0.00000341. The molecule has 2 heterocycles. The zero-order valence-corrected chi connectivity index (χ0v) is 21.3. The zero-order chi connectivity index (χ0) is 21.3. The first-order valence-electron chi connectivity index (χ1n) is 10.9. The third kappa shape index (κ3) is 7.26. The number of nitrogens with zero attached hydrogens (tertiary/aromatic N) is 4. The Kier molecular flexibility index (Phi) is 10.4. The average molecular weight is 542 g/mol. The molecule has 0 bridgehead atoms. The van der Waals surface area contributed by atoms with Gasteiger partial charge in [-0.05, 0) is 31.9 Å². The van der Waals surface area contributed by atoms with Crippen molar-refractivity contribution in [2.24, 2.45) is 4.99 Å². The fourth-order valence-electron chi connectivity index (χ4n) is 3.59. The molecule has 0 radical (unpaired) electrons. The summed E-state index contributed by atoms with van der Waals surface area (Å²) in [5.41, 5.74) is 1.14. The fourth-order valence-corrected chi connectivity index (χ4v) is 3.59. The number of para-hydroxylation sites is 2. The molecule has 1 aromatic carbocycles. The molecule has 0 saturated carbocycles. The summed E-state index contributed by atoms with van der Waals surface area (Å²) < 4.78 is 10.9. The van der Waals surface area contributed by atoms with Crippen molar-refractivity contribution in [2.45, 2.75) is 52.0 Å². The van der Waals surface area contributed by atoms with E-state index in [-0.39, 0.29) is 29.9 Å². The number of hydrogen-bond donors (Lipinski definition) is 2. The topological polar surface area (TPSA) is 87.8 Å². The Morgan fingerprint density at radius 3 is 2.87 bits per heavy atom. The average Bonchev–Trinajstić information content (AvgIpc) is 3.23. The van der Waals surface area contributed by atoms with E-state index in [4.69, 9.17) is 14.3 Å². The first-order chi connectivity index (χ1) is 14.6. The van der Waals surface area contributed by atoms with Crippen molar-refractivity contribution < 1.29 is 9.26 Å². The molecule has 1 aliphatic rings. The van der Waals surface area contributed by atoms with Crippen LogP contribution in [-0.2, 0) is 6.42 Å². The first kappa shape index (κ1) is 25.2. The molecule has 2 aromatic rings. The maximum atomic E-state index is 5.55. The van der Waals surface area contributed by atoms with E-state index >= 15 is 0 Å². The second-order valence-electron chi connectivity index (χ2n) is 7.81. The van der Waals surface area contributed by atoms with Gasteiger partial charge in [0, 0.05) is 38.0 Å². The molecule has 3 rings (SSSR count). The van der Waals surface area contributed by atoms with Gasteiger partial charge in [0.2, 0.25) is 5.89 Å². The highest BCUT2D eigenvalue weighted by molar-refractivity contribution is 14.0. The number of benzene rings is 1. The van der Waals surface area contributed by atoms with E-state index in [1.807, 2.05) is 12.1 Å². The van der Waals surface area contributed by atoms with Crippen LogP contribution in [0.1, 0.15) is 51.2 Å². The summed E-state index contributed by atoms with van der Waals surface area (Å²) in [7, 11) is 1.72. The molecule has 1 atom stereocenters. The van der Waals surface area contributed by atoms with Crippen LogP contribution in [0.25, 0.3) is 0 Å². The molecule has 1 fully saturated rings. The van der Waals surface area contributed by atoms with E-state index in [1.54, 1.807) is 7.11 Å². The summed E-state index contributed by atoms with van der Waals surface area (Å²) in [6.45, 7) is 9.53. The molecule has 2 N–H and O–H groups in total. The molecule has 0 amide bonds. The van der Waals surface area contributed by atoms with Gasteiger partial charge in [0.15, 0.2) is 11.8 Å². The van der Waals surface area contributed by atoms with Gasteiger partial charge in [-0.3, -0.25) is 4.99 Å². The lowest BCUT2D eigenvalue weighted by molar-refractivity contribution is 0.372. The van der Waals surface area contributed by atoms with Gasteiger partial charge in [-0.25, -0.2) is 0 Å². The lowest BCUT2D eigenvalue weighted by atomic mass is 10.0. The number of piperidine rings is 1. The highest BCUT2D eigenvalue weighted by atomic mass is 127. The van der Waals surface area contributed by atoms with Crippen molar-refractivity contribution in [3.05, 3.63) is 36.0 Å². The number of ether oxygens (including phenoxy) is 1. The van der Waals surface area contributed by atoms with Crippen molar-refractivity contribution >= 4 is 35.6 Å². The third-order valence-electron chi connectivity index (χ3n) is 5.13. The molecule has 31 heavy (non-hydrogen) atoms. The van der Waals surface area contributed by atoms with Crippen molar-refractivity contribution in [1.29, 1.82) is 0 Å².